The minimum absolute atomic E-state index is 0.0415. The highest BCUT2D eigenvalue weighted by atomic mass is 19.1. The zero-order chi connectivity index (χ0) is 25.7. The van der Waals surface area contributed by atoms with E-state index in [1.54, 1.807) is 24.4 Å². The van der Waals surface area contributed by atoms with Crippen LogP contribution in [0.25, 0.3) is 0 Å². The van der Waals surface area contributed by atoms with Crippen LogP contribution >= 0.6 is 0 Å². The standard InChI is InChI=1S/C26H28F2N6O2/c1-33-8-3-9-34(11-10-33)26(36)17-6-7-18(30-14-17)12-19-13-24(21(16-31-19)25(29)35)32-15-20-22(27)4-2-5-23(20)28/h2,4-7,13-14,16H,3,8-12,15H2,1H3,(H2,29,35)(H,31,32). The molecule has 8 nitrogen and oxygen atoms in total. The van der Waals surface area contributed by atoms with Crippen LogP contribution in [0, 0.1) is 11.6 Å². The van der Waals surface area contributed by atoms with E-state index in [0.29, 0.717) is 42.1 Å². The molecule has 3 aromatic rings. The molecule has 1 aliphatic heterocycles. The number of hydrogen-bond acceptors (Lipinski definition) is 6. The lowest BCUT2D eigenvalue weighted by Gasteiger charge is -2.20. The highest BCUT2D eigenvalue weighted by molar-refractivity contribution is 5.98. The van der Waals surface area contributed by atoms with Gasteiger partial charge in [-0.2, -0.15) is 0 Å². The Balaban J connectivity index is 1.47. The molecule has 36 heavy (non-hydrogen) atoms. The largest absolute Gasteiger partial charge is 0.380 e. The third-order valence-electron chi connectivity index (χ3n) is 6.18. The average molecular weight is 495 g/mol. The molecule has 0 atom stereocenters. The van der Waals surface area contributed by atoms with Gasteiger partial charge in [-0.1, -0.05) is 6.07 Å². The maximum absolute atomic E-state index is 14.0. The summed E-state index contributed by atoms with van der Waals surface area (Å²) in [5.41, 5.74) is 7.48. The van der Waals surface area contributed by atoms with Crippen LogP contribution in [0.1, 0.15) is 44.1 Å². The van der Waals surface area contributed by atoms with Gasteiger partial charge in [-0.3, -0.25) is 19.6 Å². The van der Waals surface area contributed by atoms with Crippen LogP contribution in [0.5, 0.6) is 0 Å². The molecule has 3 heterocycles. The Kier molecular flexibility index (Phi) is 7.84. The van der Waals surface area contributed by atoms with Crippen molar-refractivity contribution in [3.8, 4) is 0 Å². The van der Waals surface area contributed by atoms with Crippen molar-refractivity contribution >= 4 is 17.5 Å². The number of amides is 2. The Morgan fingerprint density at radius 2 is 1.75 bits per heavy atom. The van der Waals surface area contributed by atoms with Gasteiger partial charge < -0.3 is 20.9 Å². The molecule has 0 unspecified atom stereocenters. The number of primary amides is 1. The normalized spacial score (nSPS) is 14.4. The van der Waals surface area contributed by atoms with E-state index in [4.69, 9.17) is 5.73 Å². The highest BCUT2D eigenvalue weighted by Crippen LogP contribution is 2.20. The first-order chi connectivity index (χ1) is 17.3. The monoisotopic (exact) mass is 494 g/mol. The van der Waals surface area contributed by atoms with E-state index in [1.807, 2.05) is 11.9 Å². The fourth-order valence-corrected chi connectivity index (χ4v) is 4.10. The number of likely N-dealkylation sites (N-methyl/N-ethyl adjacent to an activating group) is 1. The first kappa shape index (κ1) is 25.2. The molecule has 1 fully saturated rings. The number of hydrogen-bond donors (Lipinski definition) is 2. The van der Waals surface area contributed by atoms with Gasteiger partial charge in [0, 0.05) is 61.9 Å². The number of aromatic nitrogens is 2. The lowest BCUT2D eigenvalue weighted by molar-refractivity contribution is 0.0762. The van der Waals surface area contributed by atoms with E-state index >= 15 is 0 Å². The Hall–Kier alpha value is -3.92. The van der Waals surface area contributed by atoms with Crippen molar-refractivity contribution in [3.05, 3.63) is 88.5 Å². The first-order valence-corrected chi connectivity index (χ1v) is 11.7. The fourth-order valence-electron chi connectivity index (χ4n) is 4.10. The second kappa shape index (κ2) is 11.2. The molecule has 0 bridgehead atoms. The summed E-state index contributed by atoms with van der Waals surface area (Å²) < 4.78 is 28.0. The van der Waals surface area contributed by atoms with Crippen LogP contribution in [0.3, 0.4) is 0 Å². The number of nitrogens with two attached hydrogens (primary N) is 1. The molecule has 0 spiro atoms. The summed E-state index contributed by atoms with van der Waals surface area (Å²) in [5.74, 6) is -2.14. The van der Waals surface area contributed by atoms with Gasteiger partial charge in [-0.05, 0) is 50.3 Å². The average Bonchev–Trinajstić information content (AvgIpc) is 3.08. The lowest BCUT2D eigenvalue weighted by Crippen LogP contribution is -2.34. The molecule has 10 heteroatoms. The molecule has 2 aromatic heterocycles. The van der Waals surface area contributed by atoms with Crippen LogP contribution in [0.4, 0.5) is 14.5 Å². The number of pyridine rings is 2. The van der Waals surface area contributed by atoms with E-state index in [-0.39, 0.29) is 23.6 Å². The summed E-state index contributed by atoms with van der Waals surface area (Å²) in [4.78, 5) is 37.5. The van der Waals surface area contributed by atoms with Gasteiger partial charge in [-0.15, -0.1) is 0 Å². The molecular formula is C26H28F2N6O2. The Labute approximate surface area is 208 Å². The summed E-state index contributed by atoms with van der Waals surface area (Å²) in [6, 6.07) is 8.73. The number of nitrogens with one attached hydrogen (secondary N) is 1. The molecule has 4 rings (SSSR count). The van der Waals surface area contributed by atoms with Crippen LogP contribution in [-0.4, -0.2) is 64.8 Å². The SMILES string of the molecule is CN1CCCN(C(=O)c2ccc(Cc3cc(NCc4c(F)cccc4F)c(C(N)=O)cn3)nc2)CC1. The van der Waals surface area contributed by atoms with Crippen molar-refractivity contribution in [2.45, 2.75) is 19.4 Å². The zero-order valence-electron chi connectivity index (χ0n) is 20.0. The molecule has 0 radical (unpaired) electrons. The maximum atomic E-state index is 14.0. The van der Waals surface area contributed by atoms with Gasteiger partial charge in [-0.25, -0.2) is 8.78 Å². The minimum atomic E-state index is -0.716. The minimum Gasteiger partial charge on any atom is -0.380 e. The van der Waals surface area contributed by atoms with Gasteiger partial charge in [0.2, 0.25) is 0 Å². The van der Waals surface area contributed by atoms with Gasteiger partial charge in [0.05, 0.1) is 16.8 Å². The van der Waals surface area contributed by atoms with Crippen molar-refractivity contribution in [2.24, 2.45) is 5.73 Å². The number of carbonyl (C=O) groups is 2. The van der Waals surface area contributed by atoms with Crippen molar-refractivity contribution in [1.82, 2.24) is 19.8 Å². The molecule has 1 aromatic carbocycles. The second-order valence-electron chi connectivity index (χ2n) is 8.80. The van der Waals surface area contributed by atoms with Crippen LogP contribution in [-0.2, 0) is 13.0 Å². The van der Waals surface area contributed by atoms with Gasteiger partial charge >= 0.3 is 0 Å². The van der Waals surface area contributed by atoms with Crippen molar-refractivity contribution in [3.63, 3.8) is 0 Å². The second-order valence-corrected chi connectivity index (χ2v) is 8.80. The number of nitrogens with zero attached hydrogens (tertiary/aromatic N) is 4. The molecule has 0 saturated carbocycles. The number of carbonyl (C=O) groups excluding carboxylic acids is 2. The maximum Gasteiger partial charge on any atom is 0.255 e. The molecule has 188 valence electrons. The Bertz CT molecular complexity index is 1230. The lowest BCUT2D eigenvalue weighted by atomic mass is 10.1. The summed E-state index contributed by atoms with van der Waals surface area (Å²) >= 11 is 0. The predicted octanol–water partition coefficient (Wildman–Crippen LogP) is 2.83. The van der Waals surface area contributed by atoms with E-state index in [9.17, 15) is 18.4 Å². The van der Waals surface area contributed by atoms with Gasteiger partial charge in [0.1, 0.15) is 11.6 Å². The predicted molar refractivity (Wildman–Crippen MR) is 132 cm³/mol. The van der Waals surface area contributed by atoms with E-state index in [0.717, 1.165) is 19.5 Å². The molecule has 2 amide bonds. The fraction of sp³-hybridized carbons (Fsp3) is 0.308. The summed E-state index contributed by atoms with van der Waals surface area (Å²) in [6.07, 6.45) is 4.14. The third kappa shape index (κ3) is 6.01. The Morgan fingerprint density at radius 3 is 2.44 bits per heavy atom. The Morgan fingerprint density at radius 1 is 1.00 bits per heavy atom. The molecule has 0 aliphatic carbocycles. The van der Waals surface area contributed by atoms with Gasteiger partial charge in [0.25, 0.3) is 11.8 Å². The molecule has 1 aliphatic rings. The number of halogens is 2. The van der Waals surface area contributed by atoms with Crippen molar-refractivity contribution < 1.29 is 18.4 Å². The quantitative estimate of drug-likeness (QED) is 0.524. The topological polar surface area (TPSA) is 104 Å². The van der Waals surface area contributed by atoms with Crippen LogP contribution < -0.4 is 11.1 Å². The summed E-state index contributed by atoms with van der Waals surface area (Å²) in [5, 5.41) is 2.89. The summed E-state index contributed by atoms with van der Waals surface area (Å²) in [7, 11) is 2.05. The molecule has 1 saturated heterocycles. The van der Waals surface area contributed by atoms with E-state index in [2.05, 4.69) is 20.2 Å². The smallest absolute Gasteiger partial charge is 0.255 e. The van der Waals surface area contributed by atoms with Crippen LogP contribution in [0.2, 0.25) is 0 Å². The first-order valence-electron chi connectivity index (χ1n) is 11.7. The molecular weight excluding hydrogens is 466 g/mol. The van der Waals surface area contributed by atoms with Crippen molar-refractivity contribution in [2.75, 3.05) is 38.5 Å². The number of rotatable bonds is 7. The number of anilines is 1. The molecule has 3 N–H and O–H groups in total. The third-order valence-corrected chi connectivity index (χ3v) is 6.18. The van der Waals surface area contributed by atoms with Crippen LogP contribution in [0.15, 0.2) is 48.8 Å². The van der Waals surface area contributed by atoms with Gasteiger partial charge in [0.15, 0.2) is 0 Å². The van der Waals surface area contributed by atoms with E-state index in [1.165, 1.54) is 24.4 Å². The highest BCUT2D eigenvalue weighted by Gasteiger charge is 2.19. The summed E-state index contributed by atoms with van der Waals surface area (Å²) in [6.45, 7) is 3.02. The van der Waals surface area contributed by atoms with Crippen molar-refractivity contribution in [1.29, 1.82) is 0 Å². The zero-order valence-corrected chi connectivity index (χ0v) is 20.0. The number of benzene rings is 1. The van der Waals surface area contributed by atoms with E-state index < -0.39 is 17.5 Å².